The highest BCUT2D eigenvalue weighted by molar-refractivity contribution is 7.14. The Kier molecular flexibility index (Phi) is 8.44. The molecule has 0 saturated heterocycles. The number of aliphatic carboxylic acids is 1. The number of carbonyl (C=O) groups is 1. The zero-order valence-electron chi connectivity index (χ0n) is 19.8. The zero-order chi connectivity index (χ0) is 25.2. The van der Waals surface area contributed by atoms with Crippen LogP contribution in [0, 0.1) is 0 Å². The maximum absolute atomic E-state index is 11.9. The summed E-state index contributed by atoms with van der Waals surface area (Å²) >= 11 is 1.31. The molecule has 0 bridgehead atoms. The van der Waals surface area contributed by atoms with Crippen LogP contribution in [0.25, 0.3) is 0 Å². The summed E-state index contributed by atoms with van der Waals surface area (Å²) in [6.45, 7) is 0.752. The number of nitrogens with one attached hydrogen (secondary N) is 1. The molecule has 4 rings (SSSR count). The first-order chi connectivity index (χ1) is 17.6. The van der Waals surface area contributed by atoms with Crippen molar-refractivity contribution in [3.8, 4) is 0 Å². The molecule has 8 heteroatoms. The summed E-state index contributed by atoms with van der Waals surface area (Å²) in [4.78, 5) is 21.7. The predicted octanol–water partition coefficient (Wildman–Crippen LogP) is 5.39. The van der Waals surface area contributed by atoms with E-state index >= 15 is 0 Å². The number of carboxylic acids is 1. The molecule has 0 spiro atoms. The molecule has 1 heterocycles. The molecule has 0 atom stereocenters. The van der Waals surface area contributed by atoms with Crippen LogP contribution in [-0.2, 0) is 19.9 Å². The van der Waals surface area contributed by atoms with Gasteiger partial charge in [0.25, 0.3) is 0 Å². The summed E-state index contributed by atoms with van der Waals surface area (Å²) < 4.78 is 4.98. The van der Waals surface area contributed by atoms with Gasteiger partial charge in [-0.2, -0.15) is 0 Å². The Morgan fingerprint density at radius 3 is 1.92 bits per heavy atom. The van der Waals surface area contributed by atoms with Crippen LogP contribution in [0.15, 0.2) is 102 Å². The van der Waals surface area contributed by atoms with Gasteiger partial charge in [-0.15, -0.1) is 11.3 Å². The molecule has 36 heavy (non-hydrogen) atoms. The van der Waals surface area contributed by atoms with Gasteiger partial charge in [0.15, 0.2) is 5.13 Å². The summed E-state index contributed by atoms with van der Waals surface area (Å²) in [6, 6.07) is 30.4. The number of hydrogen-bond donors (Lipinski definition) is 2. The lowest BCUT2D eigenvalue weighted by Crippen LogP contribution is -2.38. The number of rotatable bonds is 12. The second-order valence-corrected chi connectivity index (χ2v) is 8.79. The van der Waals surface area contributed by atoms with E-state index in [-0.39, 0.29) is 18.0 Å². The molecule has 0 amide bonds. The van der Waals surface area contributed by atoms with E-state index in [9.17, 15) is 9.90 Å². The van der Waals surface area contributed by atoms with Crippen LogP contribution in [0.3, 0.4) is 0 Å². The highest BCUT2D eigenvalue weighted by Gasteiger charge is 2.37. The minimum Gasteiger partial charge on any atom is -0.476 e. The fourth-order valence-corrected chi connectivity index (χ4v) is 4.71. The second kappa shape index (κ2) is 12.1. The van der Waals surface area contributed by atoms with Crippen molar-refractivity contribution in [1.82, 2.24) is 4.98 Å². The van der Waals surface area contributed by atoms with Gasteiger partial charge in [0.1, 0.15) is 17.8 Å². The molecule has 0 aliphatic carbocycles. The molecule has 0 saturated carbocycles. The fraction of sp³-hybridized carbons (Fsp3) is 0.179. The number of thiazole rings is 1. The van der Waals surface area contributed by atoms with Crippen LogP contribution in [0.5, 0.6) is 0 Å². The third-order valence-electron chi connectivity index (χ3n) is 5.60. The number of oxime groups is 1. The molecule has 7 nitrogen and oxygen atoms in total. The van der Waals surface area contributed by atoms with Crippen molar-refractivity contribution in [3.05, 3.63) is 119 Å². The number of benzene rings is 3. The molecule has 0 aliphatic rings. The van der Waals surface area contributed by atoms with Crippen molar-refractivity contribution in [2.24, 2.45) is 5.16 Å². The van der Waals surface area contributed by atoms with Crippen molar-refractivity contribution in [2.45, 2.75) is 12.0 Å². The number of nitrogens with zero attached hydrogens (tertiary/aromatic N) is 2. The van der Waals surface area contributed by atoms with E-state index in [4.69, 9.17) is 9.57 Å². The maximum Gasteiger partial charge on any atom is 0.360 e. The fourth-order valence-electron chi connectivity index (χ4n) is 3.95. The van der Waals surface area contributed by atoms with E-state index in [0.29, 0.717) is 18.2 Å². The molecule has 1 aromatic heterocycles. The van der Waals surface area contributed by atoms with E-state index in [1.165, 1.54) is 11.3 Å². The van der Waals surface area contributed by atoms with Gasteiger partial charge in [-0.3, -0.25) is 0 Å². The van der Waals surface area contributed by atoms with Crippen LogP contribution in [0.1, 0.15) is 28.8 Å². The lowest BCUT2D eigenvalue weighted by molar-refractivity contribution is -0.129. The molecule has 0 unspecified atom stereocenters. The molecule has 0 radical (unpaired) electrons. The Morgan fingerprint density at radius 1 is 0.917 bits per heavy atom. The van der Waals surface area contributed by atoms with Crippen molar-refractivity contribution >= 4 is 28.1 Å². The molecule has 0 aliphatic heterocycles. The smallest absolute Gasteiger partial charge is 0.360 e. The van der Waals surface area contributed by atoms with Gasteiger partial charge in [-0.05, 0) is 16.7 Å². The van der Waals surface area contributed by atoms with Crippen LogP contribution in [0.4, 0.5) is 5.13 Å². The molecule has 0 fully saturated rings. The number of hydrogen-bond acceptors (Lipinski definition) is 7. The molecule has 184 valence electrons. The second-order valence-electron chi connectivity index (χ2n) is 7.94. The predicted molar refractivity (Wildman–Crippen MR) is 142 cm³/mol. The van der Waals surface area contributed by atoms with Crippen molar-refractivity contribution in [3.63, 3.8) is 0 Å². The first-order valence-corrected chi connectivity index (χ1v) is 12.4. The highest BCUT2D eigenvalue weighted by Crippen LogP contribution is 2.40. The zero-order valence-corrected chi connectivity index (χ0v) is 20.7. The maximum atomic E-state index is 11.9. The minimum absolute atomic E-state index is 0.227. The third kappa shape index (κ3) is 5.62. The first-order valence-electron chi connectivity index (χ1n) is 11.5. The molecular weight excluding hydrogens is 474 g/mol. The first kappa shape index (κ1) is 25.1. The van der Waals surface area contributed by atoms with Crippen LogP contribution in [0.2, 0.25) is 0 Å². The third-order valence-corrected chi connectivity index (χ3v) is 6.36. The largest absolute Gasteiger partial charge is 0.476 e. The lowest BCUT2D eigenvalue weighted by atomic mass is 9.77. The van der Waals surface area contributed by atoms with Gasteiger partial charge in [0.05, 0.1) is 0 Å². The normalized spacial score (nSPS) is 11.8. The number of aromatic nitrogens is 1. The van der Waals surface area contributed by atoms with Crippen LogP contribution >= 0.6 is 11.3 Å². The van der Waals surface area contributed by atoms with Crippen molar-refractivity contribution < 1.29 is 19.5 Å². The van der Waals surface area contributed by atoms with Gasteiger partial charge in [0, 0.05) is 25.5 Å². The van der Waals surface area contributed by atoms with Crippen LogP contribution < -0.4 is 5.32 Å². The standard InChI is InChI=1S/C28H27N3O4S/c1-34-18-11-19-35-31-25(26(32)33)24-20-36-27(29-24)30-28(21-12-5-2-6-13-21,22-14-7-3-8-15-22)23-16-9-4-10-17-23/h2-10,12-17,20H,11,18-19H2,1H3,(H,29,30)(H,32,33). The quantitative estimate of drug-likeness (QED) is 0.117. The average molecular weight is 502 g/mol. The summed E-state index contributed by atoms with van der Waals surface area (Å²) in [5.74, 6) is -1.21. The van der Waals surface area contributed by atoms with Gasteiger partial charge in [0.2, 0.25) is 5.71 Å². The number of methoxy groups -OCH3 is 1. The summed E-state index contributed by atoms with van der Waals surface area (Å²) in [5, 5.41) is 19.4. The molecule has 4 aromatic rings. The molecular formula is C28H27N3O4S. The highest BCUT2D eigenvalue weighted by atomic mass is 32.1. The summed E-state index contributed by atoms with van der Waals surface area (Å²) in [6.07, 6.45) is 0.602. The van der Waals surface area contributed by atoms with Gasteiger partial charge in [-0.25, -0.2) is 9.78 Å². The average Bonchev–Trinajstić information content (AvgIpc) is 3.38. The molecule has 2 N–H and O–H groups in total. The Bertz CT molecular complexity index is 1180. The van der Waals surface area contributed by atoms with E-state index < -0.39 is 11.5 Å². The number of ether oxygens (including phenoxy) is 1. The summed E-state index contributed by atoms with van der Waals surface area (Å²) in [7, 11) is 1.59. The van der Waals surface area contributed by atoms with Crippen molar-refractivity contribution in [2.75, 3.05) is 25.6 Å². The Labute approximate surface area is 214 Å². The number of carboxylic acid groups (broad SMARTS) is 1. The topological polar surface area (TPSA) is 93.0 Å². The van der Waals surface area contributed by atoms with E-state index in [2.05, 4.69) is 51.9 Å². The Morgan fingerprint density at radius 2 is 1.44 bits per heavy atom. The van der Waals surface area contributed by atoms with E-state index in [0.717, 1.165) is 16.7 Å². The minimum atomic E-state index is -1.21. The van der Waals surface area contributed by atoms with E-state index in [1.54, 1.807) is 12.5 Å². The lowest BCUT2D eigenvalue weighted by Gasteiger charge is -2.36. The Balaban J connectivity index is 1.75. The van der Waals surface area contributed by atoms with Gasteiger partial charge >= 0.3 is 5.97 Å². The SMILES string of the molecule is COCCCON=C(C(=O)O)c1csc(NC(c2ccccc2)(c2ccccc2)c2ccccc2)n1. The monoisotopic (exact) mass is 501 g/mol. The van der Waals surface area contributed by atoms with Crippen molar-refractivity contribution in [1.29, 1.82) is 0 Å². The van der Waals surface area contributed by atoms with Crippen LogP contribution in [-0.4, -0.2) is 42.1 Å². The molecule has 3 aromatic carbocycles. The van der Waals surface area contributed by atoms with E-state index in [1.807, 2.05) is 54.6 Å². The summed E-state index contributed by atoms with van der Waals surface area (Å²) in [5.41, 5.74) is 2.27. The Hall–Kier alpha value is -4.01. The van der Waals surface area contributed by atoms with Gasteiger partial charge < -0.3 is 20.0 Å². The number of anilines is 1. The van der Waals surface area contributed by atoms with Gasteiger partial charge in [-0.1, -0.05) is 96.2 Å².